The molecule has 114 valence electrons. The number of rotatable bonds is 4. The smallest absolute Gasteiger partial charge is 0.263 e. The molecule has 3 aromatic rings. The number of nitrogens with two attached hydrogens (primary N) is 1. The van der Waals surface area contributed by atoms with Crippen molar-refractivity contribution in [1.29, 1.82) is 0 Å². The fourth-order valence-electron chi connectivity index (χ4n) is 2.59. The quantitative estimate of drug-likeness (QED) is 0.797. The van der Waals surface area contributed by atoms with Crippen LogP contribution in [0.15, 0.2) is 28.6 Å². The molecule has 0 fully saturated rings. The van der Waals surface area contributed by atoms with E-state index >= 15 is 0 Å². The van der Waals surface area contributed by atoms with Crippen LogP contribution in [0, 0.1) is 6.92 Å². The van der Waals surface area contributed by atoms with Crippen LogP contribution in [-0.4, -0.2) is 15.5 Å². The topological polar surface area (TPSA) is 78.0 Å². The van der Waals surface area contributed by atoms with Gasteiger partial charge in [0.1, 0.15) is 10.9 Å². The second-order valence-electron chi connectivity index (χ2n) is 4.97. The molecule has 0 saturated heterocycles. The Morgan fingerprint density at radius 1 is 1.50 bits per heavy atom. The highest BCUT2D eigenvalue weighted by molar-refractivity contribution is 7.20. The van der Waals surface area contributed by atoms with E-state index < -0.39 is 11.9 Å². The maximum Gasteiger partial charge on any atom is 0.263 e. The standard InChI is InChI=1S/C15H15N3O2S2/c1-3-9(13(16)19)18-7-17-14-12(15(18)20)11(8(2)22-14)10-5-4-6-21-10/h4-7,9H,3H2,1-2H3,(H2,16,19). The summed E-state index contributed by atoms with van der Waals surface area (Å²) >= 11 is 3.08. The highest BCUT2D eigenvalue weighted by Gasteiger charge is 2.22. The summed E-state index contributed by atoms with van der Waals surface area (Å²) in [5.74, 6) is -0.518. The molecular formula is C15H15N3O2S2. The lowest BCUT2D eigenvalue weighted by Crippen LogP contribution is -2.33. The van der Waals surface area contributed by atoms with Gasteiger partial charge >= 0.3 is 0 Å². The summed E-state index contributed by atoms with van der Waals surface area (Å²) in [5, 5.41) is 2.55. The lowest BCUT2D eigenvalue weighted by Gasteiger charge is -2.14. The van der Waals surface area contributed by atoms with Crippen molar-refractivity contribution in [2.75, 3.05) is 0 Å². The van der Waals surface area contributed by atoms with Crippen molar-refractivity contribution in [1.82, 2.24) is 9.55 Å². The van der Waals surface area contributed by atoms with E-state index in [-0.39, 0.29) is 5.56 Å². The van der Waals surface area contributed by atoms with Gasteiger partial charge in [0.25, 0.3) is 5.56 Å². The van der Waals surface area contributed by atoms with Crippen LogP contribution in [0.1, 0.15) is 24.3 Å². The Morgan fingerprint density at radius 3 is 2.86 bits per heavy atom. The van der Waals surface area contributed by atoms with Crippen LogP contribution < -0.4 is 11.3 Å². The molecule has 0 aliphatic heterocycles. The first kappa shape index (κ1) is 14.9. The fraction of sp³-hybridized carbons (Fsp3) is 0.267. The lowest BCUT2D eigenvalue weighted by atomic mass is 10.1. The summed E-state index contributed by atoms with van der Waals surface area (Å²) in [5.41, 5.74) is 6.12. The Labute approximate surface area is 135 Å². The molecule has 0 saturated carbocycles. The maximum absolute atomic E-state index is 12.9. The molecule has 0 aliphatic rings. The number of fused-ring (bicyclic) bond motifs is 1. The van der Waals surface area contributed by atoms with Gasteiger partial charge in [0.05, 0.1) is 11.7 Å². The Morgan fingerprint density at radius 2 is 2.27 bits per heavy atom. The number of aryl methyl sites for hydroxylation is 1. The molecule has 3 aromatic heterocycles. The SMILES string of the molecule is CCC(C(N)=O)n1cnc2sc(C)c(-c3cccs3)c2c1=O. The van der Waals surface area contributed by atoms with E-state index in [0.717, 1.165) is 15.3 Å². The molecule has 5 nitrogen and oxygen atoms in total. The highest BCUT2D eigenvalue weighted by atomic mass is 32.1. The number of carbonyl (C=O) groups excluding carboxylic acids is 1. The van der Waals surface area contributed by atoms with E-state index in [9.17, 15) is 9.59 Å². The second kappa shape index (κ2) is 5.66. The molecule has 22 heavy (non-hydrogen) atoms. The lowest BCUT2D eigenvalue weighted by molar-refractivity contribution is -0.121. The molecule has 0 radical (unpaired) electrons. The van der Waals surface area contributed by atoms with Gasteiger partial charge in [-0.3, -0.25) is 14.2 Å². The van der Waals surface area contributed by atoms with Crippen molar-refractivity contribution < 1.29 is 4.79 Å². The monoisotopic (exact) mass is 333 g/mol. The number of amides is 1. The van der Waals surface area contributed by atoms with E-state index in [1.807, 2.05) is 31.4 Å². The minimum absolute atomic E-state index is 0.205. The molecule has 2 N–H and O–H groups in total. The van der Waals surface area contributed by atoms with Crippen molar-refractivity contribution in [3.63, 3.8) is 0 Å². The van der Waals surface area contributed by atoms with Crippen LogP contribution in [0.4, 0.5) is 0 Å². The summed E-state index contributed by atoms with van der Waals surface area (Å²) < 4.78 is 1.36. The molecule has 0 bridgehead atoms. The van der Waals surface area contributed by atoms with Gasteiger partial charge in [-0.15, -0.1) is 22.7 Å². The van der Waals surface area contributed by atoms with E-state index in [1.165, 1.54) is 22.2 Å². The zero-order valence-corrected chi connectivity index (χ0v) is 13.8. The first-order chi connectivity index (χ1) is 10.5. The van der Waals surface area contributed by atoms with E-state index in [0.29, 0.717) is 16.6 Å². The zero-order valence-electron chi connectivity index (χ0n) is 12.2. The van der Waals surface area contributed by atoms with Crippen LogP contribution in [0.2, 0.25) is 0 Å². The van der Waals surface area contributed by atoms with Gasteiger partial charge in [-0.05, 0) is 24.8 Å². The summed E-state index contributed by atoms with van der Waals surface area (Å²) in [7, 11) is 0. The molecule has 3 rings (SSSR count). The van der Waals surface area contributed by atoms with Crippen molar-refractivity contribution in [2.24, 2.45) is 5.73 Å². The number of nitrogens with zero attached hydrogens (tertiary/aromatic N) is 2. The summed E-state index contributed by atoms with van der Waals surface area (Å²) in [6.45, 7) is 3.81. The van der Waals surface area contributed by atoms with Crippen LogP contribution in [0.5, 0.6) is 0 Å². The van der Waals surface area contributed by atoms with Gasteiger partial charge in [-0.2, -0.15) is 0 Å². The van der Waals surface area contributed by atoms with Crippen LogP contribution in [0.25, 0.3) is 20.7 Å². The molecular weight excluding hydrogens is 318 g/mol. The maximum atomic E-state index is 12.9. The van der Waals surface area contributed by atoms with Crippen molar-refractivity contribution in [2.45, 2.75) is 26.3 Å². The number of aromatic nitrogens is 2. The average Bonchev–Trinajstić information content (AvgIpc) is 3.08. The van der Waals surface area contributed by atoms with Gasteiger partial charge < -0.3 is 5.73 Å². The second-order valence-corrected chi connectivity index (χ2v) is 7.12. The average molecular weight is 333 g/mol. The molecule has 0 aliphatic carbocycles. The van der Waals surface area contributed by atoms with E-state index in [2.05, 4.69) is 4.98 Å². The molecule has 1 unspecified atom stereocenters. The largest absolute Gasteiger partial charge is 0.368 e. The number of thiophene rings is 2. The highest BCUT2D eigenvalue weighted by Crippen LogP contribution is 2.37. The first-order valence-electron chi connectivity index (χ1n) is 6.88. The van der Waals surface area contributed by atoms with Crippen molar-refractivity contribution in [3.05, 3.63) is 39.1 Å². The first-order valence-corrected chi connectivity index (χ1v) is 8.57. The summed E-state index contributed by atoms with van der Waals surface area (Å²) in [4.78, 5) is 31.6. The van der Waals surface area contributed by atoms with Gasteiger partial charge in [-0.25, -0.2) is 4.98 Å². The van der Waals surface area contributed by atoms with Gasteiger partial charge in [0, 0.05) is 15.3 Å². The predicted octanol–water partition coefficient (Wildman–Crippen LogP) is 2.93. The van der Waals surface area contributed by atoms with Gasteiger partial charge in [-0.1, -0.05) is 13.0 Å². The molecule has 1 amide bonds. The minimum atomic E-state index is -0.666. The Balaban J connectivity index is 2.33. The van der Waals surface area contributed by atoms with Crippen LogP contribution in [-0.2, 0) is 4.79 Å². The molecule has 1 atom stereocenters. The molecule has 3 heterocycles. The predicted molar refractivity (Wildman–Crippen MR) is 90.5 cm³/mol. The van der Waals surface area contributed by atoms with Crippen LogP contribution in [0.3, 0.4) is 0 Å². The molecule has 0 spiro atoms. The van der Waals surface area contributed by atoms with Crippen molar-refractivity contribution in [3.8, 4) is 10.4 Å². The number of hydrogen-bond acceptors (Lipinski definition) is 5. The third-order valence-electron chi connectivity index (χ3n) is 3.63. The summed E-state index contributed by atoms with van der Waals surface area (Å²) in [6.07, 6.45) is 1.89. The minimum Gasteiger partial charge on any atom is -0.368 e. The third-order valence-corrected chi connectivity index (χ3v) is 5.53. The normalized spacial score (nSPS) is 12.6. The van der Waals surface area contributed by atoms with Crippen molar-refractivity contribution >= 4 is 38.8 Å². The van der Waals surface area contributed by atoms with E-state index in [1.54, 1.807) is 11.3 Å². The number of primary amides is 1. The number of hydrogen-bond donors (Lipinski definition) is 1. The van der Waals surface area contributed by atoms with Crippen LogP contribution >= 0.6 is 22.7 Å². The number of carbonyl (C=O) groups is 1. The zero-order chi connectivity index (χ0) is 15.9. The van der Waals surface area contributed by atoms with Gasteiger partial charge in [0.15, 0.2) is 0 Å². The molecule has 7 heteroatoms. The van der Waals surface area contributed by atoms with E-state index in [4.69, 9.17) is 5.73 Å². The Kier molecular flexibility index (Phi) is 3.84. The molecule has 0 aromatic carbocycles. The van der Waals surface area contributed by atoms with Gasteiger partial charge in [0.2, 0.25) is 5.91 Å². The Bertz CT molecular complexity index is 894. The third kappa shape index (κ3) is 2.26. The summed E-state index contributed by atoms with van der Waals surface area (Å²) in [6, 6.07) is 3.28. The Hall–Kier alpha value is -1.99. The fourth-order valence-corrected chi connectivity index (χ4v) is 4.48.